The van der Waals surface area contributed by atoms with Crippen molar-refractivity contribution in [3.8, 4) is 0 Å². The first kappa shape index (κ1) is 8.99. The lowest BCUT2D eigenvalue weighted by molar-refractivity contribution is 0.485. The summed E-state index contributed by atoms with van der Waals surface area (Å²) in [7, 11) is -2.84. The molecule has 12 heavy (non-hydrogen) atoms. The van der Waals surface area contributed by atoms with Crippen LogP contribution in [-0.4, -0.2) is 8.42 Å². The van der Waals surface area contributed by atoms with Crippen LogP contribution in [-0.2, 0) is 10.7 Å². The molecule has 0 amide bonds. The second kappa shape index (κ2) is 4.06. The molecular weight excluding hydrogens is 181 g/mol. The van der Waals surface area contributed by atoms with Gasteiger partial charge < -0.3 is 0 Å². The molecule has 1 aromatic carbocycles. The Labute approximate surface area is 71.3 Å². The molecule has 0 aliphatic rings. The fraction of sp³-hybridized carbons (Fsp3) is 0. The number of halogens is 1. The summed E-state index contributed by atoms with van der Waals surface area (Å²) < 4.78 is 32.9. The lowest BCUT2D eigenvalue weighted by Crippen LogP contribution is -2.07. The van der Waals surface area contributed by atoms with E-state index in [4.69, 9.17) is 0 Å². The number of hydrogen-bond donors (Lipinski definition) is 1. The van der Waals surface area contributed by atoms with Gasteiger partial charge in [-0.15, -0.1) is 0 Å². The quantitative estimate of drug-likeness (QED) is 0.570. The molecule has 0 saturated heterocycles. The standard InChI is InChI=1S/C7H7FNO2S/c8-9(6-12(10)11)7-4-2-1-3-5-7/h1-6,12H. The molecule has 0 heterocycles. The van der Waals surface area contributed by atoms with Crippen molar-refractivity contribution in [3.05, 3.63) is 36.2 Å². The lowest BCUT2D eigenvalue weighted by Gasteiger charge is -2.07. The molecule has 0 aromatic heterocycles. The van der Waals surface area contributed by atoms with Gasteiger partial charge in [-0.25, -0.2) is 8.42 Å². The molecule has 1 rings (SSSR count). The van der Waals surface area contributed by atoms with Crippen LogP contribution < -0.4 is 5.12 Å². The van der Waals surface area contributed by atoms with Crippen LogP contribution in [0.3, 0.4) is 0 Å². The van der Waals surface area contributed by atoms with Crippen LogP contribution >= 0.6 is 0 Å². The van der Waals surface area contributed by atoms with E-state index in [9.17, 15) is 12.9 Å². The van der Waals surface area contributed by atoms with Crippen LogP contribution in [0.2, 0.25) is 0 Å². The van der Waals surface area contributed by atoms with Crippen LogP contribution in [0.15, 0.2) is 30.3 Å². The summed E-state index contributed by atoms with van der Waals surface area (Å²) in [5, 5.41) is 0.0612. The number of rotatable bonds is 3. The van der Waals surface area contributed by atoms with Gasteiger partial charge in [0.2, 0.25) is 0 Å². The fourth-order valence-electron chi connectivity index (χ4n) is 0.720. The number of para-hydroxylation sites is 1. The smallest absolute Gasteiger partial charge is 0.197 e. The molecule has 65 valence electrons. The highest BCUT2D eigenvalue weighted by atomic mass is 32.2. The van der Waals surface area contributed by atoms with Crippen molar-refractivity contribution in [1.29, 1.82) is 0 Å². The van der Waals surface area contributed by atoms with Crippen molar-refractivity contribution in [3.63, 3.8) is 0 Å². The minimum absolute atomic E-state index is 0.0612. The minimum Gasteiger partial charge on any atom is -0.229 e. The molecule has 0 saturated carbocycles. The number of thiol groups is 1. The lowest BCUT2D eigenvalue weighted by atomic mass is 10.3. The Morgan fingerprint density at radius 2 is 1.83 bits per heavy atom. The molecule has 5 heteroatoms. The van der Waals surface area contributed by atoms with Crippen molar-refractivity contribution < 1.29 is 12.9 Å². The Morgan fingerprint density at radius 1 is 1.25 bits per heavy atom. The number of hydrogen-bond acceptors (Lipinski definition) is 3. The summed E-state index contributed by atoms with van der Waals surface area (Å²) in [5.74, 6) is 0.491. The zero-order valence-electron chi connectivity index (χ0n) is 6.05. The van der Waals surface area contributed by atoms with Crippen molar-refractivity contribution >= 4 is 16.4 Å². The van der Waals surface area contributed by atoms with Gasteiger partial charge in [0, 0.05) is 0 Å². The van der Waals surface area contributed by atoms with Gasteiger partial charge in [-0.3, -0.25) is 0 Å². The van der Waals surface area contributed by atoms with Gasteiger partial charge in [-0.05, 0) is 12.1 Å². The van der Waals surface area contributed by atoms with E-state index in [1.54, 1.807) is 18.2 Å². The summed E-state index contributed by atoms with van der Waals surface area (Å²) in [4.78, 5) is 0. The van der Waals surface area contributed by atoms with Crippen molar-refractivity contribution in [1.82, 2.24) is 0 Å². The van der Waals surface area contributed by atoms with E-state index in [1.807, 2.05) is 0 Å². The second-order valence-electron chi connectivity index (χ2n) is 2.05. The molecule has 0 atom stereocenters. The maximum atomic E-state index is 12.8. The first-order valence-corrected chi connectivity index (χ1v) is 4.43. The van der Waals surface area contributed by atoms with E-state index in [0.29, 0.717) is 5.88 Å². The van der Waals surface area contributed by atoms with Gasteiger partial charge in [-0.2, -0.15) is 5.12 Å². The molecule has 0 fully saturated rings. The number of benzene rings is 1. The molecule has 1 aromatic rings. The predicted molar refractivity (Wildman–Crippen MR) is 44.6 cm³/mol. The average molecular weight is 188 g/mol. The van der Waals surface area contributed by atoms with Gasteiger partial charge in [-0.1, -0.05) is 22.7 Å². The first-order chi connectivity index (χ1) is 5.70. The third-order valence-corrected chi connectivity index (χ3v) is 1.59. The van der Waals surface area contributed by atoms with Crippen LogP contribution in [0.25, 0.3) is 0 Å². The molecular formula is C7H7FNO2S. The van der Waals surface area contributed by atoms with Gasteiger partial charge in [0.1, 0.15) is 0 Å². The molecule has 0 spiro atoms. The third-order valence-electron chi connectivity index (χ3n) is 1.20. The zero-order chi connectivity index (χ0) is 8.97. The van der Waals surface area contributed by atoms with E-state index in [-0.39, 0.29) is 10.8 Å². The van der Waals surface area contributed by atoms with Crippen molar-refractivity contribution in [2.75, 3.05) is 5.12 Å². The second-order valence-corrected chi connectivity index (χ2v) is 2.85. The molecule has 0 aliphatic heterocycles. The molecule has 3 nitrogen and oxygen atoms in total. The Morgan fingerprint density at radius 3 is 2.33 bits per heavy atom. The fourth-order valence-corrected chi connectivity index (χ4v) is 1.02. The van der Waals surface area contributed by atoms with E-state index in [2.05, 4.69) is 0 Å². The molecule has 0 unspecified atom stereocenters. The summed E-state index contributed by atoms with van der Waals surface area (Å²) >= 11 is 0. The van der Waals surface area contributed by atoms with Crippen LogP contribution in [0.1, 0.15) is 0 Å². The Bertz CT molecular complexity index is 304. The maximum absolute atomic E-state index is 12.8. The van der Waals surface area contributed by atoms with Gasteiger partial charge >= 0.3 is 0 Å². The summed E-state index contributed by atoms with van der Waals surface area (Å²) in [6.07, 6.45) is 0. The summed E-state index contributed by atoms with van der Waals surface area (Å²) in [5.41, 5.74) is 0.191. The van der Waals surface area contributed by atoms with Crippen LogP contribution in [0.5, 0.6) is 0 Å². The summed E-state index contributed by atoms with van der Waals surface area (Å²) in [6, 6.07) is 7.89. The molecule has 0 aliphatic carbocycles. The van der Waals surface area contributed by atoms with E-state index >= 15 is 0 Å². The van der Waals surface area contributed by atoms with Crippen molar-refractivity contribution in [2.45, 2.75) is 0 Å². The van der Waals surface area contributed by atoms with Gasteiger partial charge in [0.05, 0.1) is 5.69 Å². The molecule has 1 radical (unpaired) electrons. The minimum atomic E-state index is -2.84. The van der Waals surface area contributed by atoms with E-state index in [1.165, 1.54) is 12.1 Å². The Balaban J connectivity index is 2.71. The number of nitrogens with zero attached hydrogens (tertiary/aromatic N) is 1. The van der Waals surface area contributed by atoms with Gasteiger partial charge in [0.25, 0.3) is 0 Å². The van der Waals surface area contributed by atoms with Gasteiger partial charge in [0.15, 0.2) is 16.6 Å². The zero-order valence-corrected chi connectivity index (χ0v) is 6.95. The normalized spacial score (nSPS) is 10.2. The largest absolute Gasteiger partial charge is 0.229 e. The molecule has 0 bridgehead atoms. The Hall–Kier alpha value is -1.10. The predicted octanol–water partition coefficient (Wildman–Crippen LogP) is 1.11. The van der Waals surface area contributed by atoms with E-state index < -0.39 is 10.7 Å². The Kier molecular flexibility index (Phi) is 3.04. The van der Waals surface area contributed by atoms with Crippen LogP contribution in [0.4, 0.5) is 10.2 Å². The topological polar surface area (TPSA) is 37.4 Å². The highest BCUT2D eigenvalue weighted by Gasteiger charge is 2.04. The highest BCUT2D eigenvalue weighted by Crippen LogP contribution is 2.14. The third kappa shape index (κ3) is 2.50. The average Bonchev–Trinajstić information content (AvgIpc) is 2.05. The first-order valence-electron chi connectivity index (χ1n) is 3.18. The molecule has 0 N–H and O–H groups in total. The van der Waals surface area contributed by atoms with E-state index in [0.717, 1.165) is 0 Å². The summed E-state index contributed by atoms with van der Waals surface area (Å²) in [6.45, 7) is 0. The SMILES string of the molecule is O=[SH](=O)[CH]N(F)c1ccccc1. The highest BCUT2D eigenvalue weighted by molar-refractivity contribution is 7.74. The number of anilines is 1. The monoisotopic (exact) mass is 188 g/mol. The van der Waals surface area contributed by atoms with Crippen LogP contribution in [0, 0.1) is 5.88 Å². The van der Waals surface area contributed by atoms with Crippen molar-refractivity contribution in [2.24, 2.45) is 0 Å². The maximum Gasteiger partial charge on any atom is 0.197 e.